The molecule has 0 atom stereocenters. The van der Waals surface area contributed by atoms with Gasteiger partial charge in [-0.05, 0) is 20.0 Å². The molecule has 29 heavy (non-hydrogen) atoms. The number of nitrogens with one attached hydrogen (secondary N) is 3. The average Bonchev–Trinajstić information content (AvgIpc) is 2.73. The molecule has 0 aromatic rings. The van der Waals surface area contributed by atoms with E-state index >= 15 is 0 Å². The number of carbonyl (C=O) groups is 3. The van der Waals surface area contributed by atoms with Crippen molar-refractivity contribution in [1.29, 1.82) is 0 Å². The number of hydrogen-bond acceptors (Lipinski definition) is 9. The quantitative estimate of drug-likeness (QED) is 0.123. The van der Waals surface area contributed by atoms with Crippen LogP contribution in [0.1, 0.15) is 32.6 Å². The molecular weight excluding hydrogens is 384 g/mol. The summed E-state index contributed by atoms with van der Waals surface area (Å²) in [4.78, 5) is 39.9. The molecule has 12 heteroatoms. The topological polar surface area (TPSA) is 158 Å². The maximum atomic E-state index is 11.3. The predicted molar refractivity (Wildman–Crippen MR) is 104 cm³/mol. The number of amides is 3. The molecule has 0 bridgehead atoms. The summed E-state index contributed by atoms with van der Waals surface area (Å²) in [5, 5.41) is 25.8. The van der Waals surface area contributed by atoms with Gasteiger partial charge in [-0.15, -0.1) is 0 Å². The third-order valence-electron chi connectivity index (χ3n) is 4.48. The van der Waals surface area contributed by atoms with Crippen LogP contribution in [0.25, 0.3) is 0 Å². The van der Waals surface area contributed by atoms with Gasteiger partial charge in [-0.25, -0.2) is 16.4 Å². The zero-order valence-electron chi connectivity index (χ0n) is 17.4. The maximum absolute atomic E-state index is 11.3. The van der Waals surface area contributed by atoms with Crippen molar-refractivity contribution in [3.05, 3.63) is 0 Å². The highest BCUT2D eigenvalue weighted by atomic mass is 16.5. The molecule has 0 aromatic heterocycles. The minimum Gasteiger partial charge on any atom is -0.305 e. The van der Waals surface area contributed by atoms with E-state index in [4.69, 9.17) is 15.6 Å². The van der Waals surface area contributed by atoms with Crippen molar-refractivity contribution in [3.8, 4) is 0 Å². The van der Waals surface area contributed by atoms with Gasteiger partial charge >= 0.3 is 0 Å². The smallest absolute Gasteiger partial charge is 0.244 e. The van der Waals surface area contributed by atoms with Gasteiger partial charge in [-0.3, -0.25) is 30.0 Å². The Hall–Kier alpha value is -1.83. The molecule has 6 N–H and O–H groups in total. The van der Waals surface area contributed by atoms with Crippen LogP contribution in [0.3, 0.4) is 0 Å². The molecule has 0 fully saturated rings. The Morgan fingerprint density at radius 2 is 1.00 bits per heavy atom. The Labute approximate surface area is 171 Å². The lowest BCUT2D eigenvalue weighted by molar-refractivity contribution is -0.130. The first-order valence-corrected chi connectivity index (χ1v) is 9.78. The number of likely N-dealkylation sites (N-methyl/N-ethyl adjacent to an activating group) is 1. The van der Waals surface area contributed by atoms with E-state index in [1.807, 2.05) is 16.8 Å². The van der Waals surface area contributed by atoms with E-state index in [0.29, 0.717) is 26.2 Å². The number of nitrogens with zero attached hydrogens (tertiary/aromatic N) is 3. The van der Waals surface area contributed by atoms with Crippen LogP contribution in [0, 0.1) is 0 Å². The molecule has 170 valence electrons. The number of rotatable bonds is 17. The highest BCUT2D eigenvalue weighted by molar-refractivity contribution is 5.75. The summed E-state index contributed by atoms with van der Waals surface area (Å²) in [6.45, 7) is 7.12. The normalized spacial score (nSPS) is 11.2. The molecule has 0 rings (SSSR count). The van der Waals surface area contributed by atoms with Crippen molar-refractivity contribution < 1.29 is 30.0 Å². The van der Waals surface area contributed by atoms with E-state index in [1.54, 1.807) is 16.4 Å². The van der Waals surface area contributed by atoms with Crippen molar-refractivity contribution in [2.75, 3.05) is 59.4 Å². The molecule has 0 radical (unpaired) electrons. The van der Waals surface area contributed by atoms with Gasteiger partial charge in [0, 0.05) is 65.1 Å². The van der Waals surface area contributed by atoms with Gasteiger partial charge in [0.15, 0.2) is 0 Å². The van der Waals surface area contributed by atoms with Crippen LogP contribution in [0.4, 0.5) is 0 Å². The monoisotopic (exact) mass is 420 g/mol. The van der Waals surface area contributed by atoms with Gasteiger partial charge in [0.05, 0.1) is 0 Å². The second-order valence-corrected chi connectivity index (χ2v) is 6.84. The predicted octanol–water partition coefficient (Wildman–Crippen LogP) is -1.38. The lowest BCUT2D eigenvalue weighted by atomic mass is 10.3. The van der Waals surface area contributed by atoms with E-state index in [0.717, 1.165) is 32.6 Å². The van der Waals surface area contributed by atoms with Crippen molar-refractivity contribution in [2.24, 2.45) is 0 Å². The lowest BCUT2D eigenvalue weighted by Crippen LogP contribution is -2.41. The van der Waals surface area contributed by atoms with Gasteiger partial charge in [-0.1, -0.05) is 6.92 Å². The summed E-state index contributed by atoms with van der Waals surface area (Å²) in [5.41, 5.74) is 4.80. The first-order valence-electron chi connectivity index (χ1n) is 9.78. The van der Waals surface area contributed by atoms with E-state index in [2.05, 4.69) is 11.8 Å². The summed E-state index contributed by atoms with van der Waals surface area (Å²) >= 11 is 0. The molecule has 0 aliphatic rings. The molecular formula is C17H36N6O6. The van der Waals surface area contributed by atoms with Crippen LogP contribution >= 0.6 is 0 Å². The highest BCUT2D eigenvalue weighted by Gasteiger charge is 2.13. The molecule has 0 spiro atoms. The summed E-state index contributed by atoms with van der Waals surface area (Å²) in [6, 6.07) is 0. The van der Waals surface area contributed by atoms with Crippen LogP contribution in [-0.4, -0.2) is 107 Å². The first kappa shape index (κ1) is 27.2. The van der Waals surface area contributed by atoms with Crippen molar-refractivity contribution >= 4 is 17.7 Å². The summed E-state index contributed by atoms with van der Waals surface area (Å²) in [5.74, 6) is -1.42. The van der Waals surface area contributed by atoms with Gasteiger partial charge < -0.3 is 14.7 Å². The maximum Gasteiger partial charge on any atom is 0.244 e. The standard InChI is InChI=1S/C17H36N6O6/c1-3-7-22(12-11-21(2)8-4-15(24)18-27)13-14-23(9-5-16(25)19-28)10-6-17(26)20-29/h27-29H,3-14H2,1-2H3,(H,18,24)(H,19,25)(H,20,26). The highest BCUT2D eigenvalue weighted by Crippen LogP contribution is 2.00. The van der Waals surface area contributed by atoms with Gasteiger partial charge in [-0.2, -0.15) is 0 Å². The minimum atomic E-state index is -0.499. The second-order valence-electron chi connectivity index (χ2n) is 6.84. The molecule has 0 aliphatic heterocycles. The average molecular weight is 421 g/mol. The molecule has 0 saturated heterocycles. The Morgan fingerprint density at radius 1 is 0.621 bits per heavy atom. The second kappa shape index (κ2) is 17.1. The molecule has 3 amide bonds. The van der Waals surface area contributed by atoms with Crippen LogP contribution in [0.2, 0.25) is 0 Å². The van der Waals surface area contributed by atoms with Crippen molar-refractivity contribution in [3.63, 3.8) is 0 Å². The van der Waals surface area contributed by atoms with E-state index in [9.17, 15) is 14.4 Å². The molecule has 0 heterocycles. The zero-order valence-corrected chi connectivity index (χ0v) is 17.4. The fourth-order valence-corrected chi connectivity index (χ4v) is 2.67. The van der Waals surface area contributed by atoms with Gasteiger partial charge in [0.1, 0.15) is 0 Å². The molecule has 0 unspecified atom stereocenters. The van der Waals surface area contributed by atoms with Crippen LogP contribution in [0.5, 0.6) is 0 Å². The lowest BCUT2D eigenvalue weighted by Gasteiger charge is -2.28. The Morgan fingerprint density at radius 3 is 1.41 bits per heavy atom. The van der Waals surface area contributed by atoms with Crippen molar-refractivity contribution in [2.45, 2.75) is 32.6 Å². The van der Waals surface area contributed by atoms with Crippen LogP contribution < -0.4 is 16.4 Å². The zero-order chi connectivity index (χ0) is 22.1. The van der Waals surface area contributed by atoms with Crippen LogP contribution in [0.15, 0.2) is 0 Å². The molecule has 0 saturated carbocycles. The molecule has 0 aromatic carbocycles. The van der Waals surface area contributed by atoms with E-state index in [1.165, 1.54) is 0 Å². The largest absolute Gasteiger partial charge is 0.305 e. The minimum absolute atomic E-state index is 0.0979. The molecule has 0 aliphatic carbocycles. The fraction of sp³-hybridized carbons (Fsp3) is 0.824. The Balaban J connectivity index is 4.53. The Kier molecular flexibility index (Phi) is 16.0. The SMILES string of the molecule is CCCN(CCN(C)CCC(=O)NO)CCN(CCC(=O)NO)CCC(=O)NO. The third-order valence-corrected chi connectivity index (χ3v) is 4.48. The fourth-order valence-electron chi connectivity index (χ4n) is 2.67. The molecule has 12 nitrogen and oxygen atoms in total. The van der Waals surface area contributed by atoms with Crippen LogP contribution in [-0.2, 0) is 14.4 Å². The number of carbonyl (C=O) groups excluding carboxylic acids is 3. The van der Waals surface area contributed by atoms with E-state index < -0.39 is 17.7 Å². The number of hydrogen-bond donors (Lipinski definition) is 6. The van der Waals surface area contributed by atoms with E-state index in [-0.39, 0.29) is 19.3 Å². The number of hydroxylamine groups is 3. The van der Waals surface area contributed by atoms with Gasteiger partial charge in [0.2, 0.25) is 17.7 Å². The summed E-state index contributed by atoms with van der Waals surface area (Å²) in [6.07, 6.45) is 1.38. The summed E-state index contributed by atoms with van der Waals surface area (Å²) in [7, 11) is 1.90. The Bertz CT molecular complexity index is 461. The third kappa shape index (κ3) is 14.8. The summed E-state index contributed by atoms with van der Waals surface area (Å²) < 4.78 is 0. The van der Waals surface area contributed by atoms with Crippen molar-refractivity contribution in [1.82, 2.24) is 31.1 Å². The van der Waals surface area contributed by atoms with Gasteiger partial charge in [0.25, 0.3) is 0 Å². The first-order chi connectivity index (χ1) is 13.9.